The van der Waals surface area contributed by atoms with Crippen LogP contribution in [0, 0.1) is 6.92 Å². The summed E-state index contributed by atoms with van der Waals surface area (Å²) in [5.74, 6) is 1.13. The van der Waals surface area contributed by atoms with E-state index < -0.39 is 0 Å². The highest BCUT2D eigenvalue weighted by molar-refractivity contribution is 5.66. The van der Waals surface area contributed by atoms with E-state index >= 15 is 0 Å². The van der Waals surface area contributed by atoms with Crippen LogP contribution in [0.2, 0.25) is 0 Å². The molecule has 1 aromatic rings. The Morgan fingerprint density at radius 1 is 1.26 bits per heavy atom. The monoisotopic (exact) mass is 264 g/mol. The first-order valence-corrected chi connectivity index (χ1v) is 7.70. The molecule has 19 heavy (non-hydrogen) atoms. The molecule has 1 heterocycles. The van der Waals surface area contributed by atoms with Crippen molar-refractivity contribution in [2.45, 2.75) is 71.4 Å². The molecular weight excluding hydrogens is 236 g/mol. The first-order chi connectivity index (χ1) is 9.15. The molecular formula is C15H28N4. The van der Waals surface area contributed by atoms with Gasteiger partial charge in [0.1, 0.15) is 0 Å². The Kier molecular flexibility index (Phi) is 4.72. The topological polar surface area (TPSA) is 47.1 Å². The molecule has 4 nitrogen and oxygen atoms in total. The van der Waals surface area contributed by atoms with Crippen molar-refractivity contribution in [1.82, 2.24) is 9.78 Å². The number of anilines is 2. The summed E-state index contributed by atoms with van der Waals surface area (Å²) in [7, 11) is 2.19. The lowest BCUT2D eigenvalue weighted by molar-refractivity contribution is 0.522. The van der Waals surface area contributed by atoms with Crippen LogP contribution in [-0.2, 0) is 6.54 Å². The van der Waals surface area contributed by atoms with Gasteiger partial charge >= 0.3 is 0 Å². The van der Waals surface area contributed by atoms with Gasteiger partial charge in [-0.25, -0.2) is 4.68 Å². The van der Waals surface area contributed by atoms with Crippen molar-refractivity contribution in [3.63, 3.8) is 0 Å². The highest BCUT2D eigenvalue weighted by Gasteiger charge is 2.23. The summed E-state index contributed by atoms with van der Waals surface area (Å²) in [5, 5.41) is 4.59. The number of hydrogen-bond acceptors (Lipinski definition) is 3. The maximum absolute atomic E-state index is 6.26. The molecule has 0 saturated heterocycles. The van der Waals surface area contributed by atoms with Crippen molar-refractivity contribution >= 4 is 11.5 Å². The number of rotatable bonds is 4. The second-order valence-electron chi connectivity index (χ2n) is 5.80. The molecule has 4 heteroatoms. The maximum Gasteiger partial charge on any atom is 0.150 e. The van der Waals surface area contributed by atoms with Crippen molar-refractivity contribution in [2.75, 3.05) is 17.7 Å². The number of nitrogen functional groups attached to an aromatic ring is 1. The van der Waals surface area contributed by atoms with Crippen LogP contribution in [0.15, 0.2) is 0 Å². The van der Waals surface area contributed by atoms with Crippen LogP contribution in [0.4, 0.5) is 11.5 Å². The van der Waals surface area contributed by atoms with E-state index in [9.17, 15) is 0 Å². The van der Waals surface area contributed by atoms with E-state index in [0.29, 0.717) is 6.04 Å². The summed E-state index contributed by atoms with van der Waals surface area (Å²) in [6.07, 6.45) is 9.11. The van der Waals surface area contributed by atoms with E-state index in [-0.39, 0.29) is 0 Å². The van der Waals surface area contributed by atoms with Gasteiger partial charge in [0.05, 0.1) is 11.4 Å². The van der Waals surface area contributed by atoms with Crippen molar-refractivity contribution in [2.24, 2.45) is 0 Å². The third kappa shape index (κ3) is 3.04. The standard InChI is InChI=1S/C15H28N4/c1-4-11-19-15(14(16)12(2)17-19)18(3)13-9-7-5-6-8-10-13/h13H,4-11,16H2,1-3H3. The Hall–Kier alpha value is -1.19. The van der Waals surface area contributed by atoms with E-state index in [0.717, 1.165) is 30.2 Å². The van der Waals surface area contributed by atoms with Crippen LogP contribution < -0.4 is 10.6 Å². The van der Waals surface area contributed by atoms with Crippen molar-refractivity contribution in [3.8, 4) is 0 Å². The van der Waals surface area contributed by atoms with Gasteiger partial charge < -0.3 is 10.6 Å². The Labute approximate surface area is 117 Å². The zero-order valence-corrected chi connectivity index (χ0v) is 12.7. The molecule has 1 saturated carbocycles. The fraction of sp³-hybridized carbons (Fsp3) is 0.800. The summed E-state index contributed by atoms with van der Waals surface area (Å²) >= 11 is 0. The Bertz CT molecular complexity index is 403. The number of nitrogens with two attached hydrogens (primary N) is 1. The van der Waals surface area contributed by atoms with Crippen molar-refractivity contribution in [1.29, 1.82) is 0 Å². The van der Waals surface area contributed by atoms with Crippen LogP contribution in [-0.4, -0.2) is 22.9 Å². The van der Waals surface area contributed by atoms with Crippen molar-refractivity contribution in [3.05, 3.63) is 5.69 Å². The maximum atomic E-state index is 6.26. The molecule has 0 amide bonds. The van der Waals surface area contributed by atoms with Gasteiger partial charge in [0.2, 0.25) is 0 Å². The van der Waals surface area contributed by atoms with Gasteiger partial charge in [0, 0.05) is 19.6 Å². The third-order valence-corrected chi connectivity index (χ3v) is 4.29. The van der Waals surface area contributed by atoms with E-state index in [4.69, 9.17) is 5.73 Å². The van der Waals surface area contributed by atoms with Gasteiger partial charge in [0.15, 0.2) is 5.82 Å². The predicted molar refractivity (Wildman–Crippen MR) is 81.6 cm³/mol. The molecule has 0 atom stereocenters. The summed E-state index contributed by atoms with van der Waals surface area (Å²) in [6.45, 7) is 5.14. The molecule has 0 radical (unpaired) electrons. The van der Waals surface area contributed by atoms with E-state index in [1.165, 1.54) is 38.5 Å². The molecule has 0 spiro atoms. The Morgan fingerprint density at radius 2 is 1.89 bits per heavy atom. The molecule has 0 unspecified atom stereocenters. The SMILES string of the molecule is CCCn1nc(C)c(N)c1N(C)C1CCCCCC1. The van der Waals surface area contributed by atoms with Gasteiger partial charge in [-0.2, -0.15) is 5.10 Å². The number of aryl methyl sites for hydroxylation is 2. The highest BCUT2D eigenvalue weighted by atomic mass is 15.4. The molecule has 1 fully saturated rings. The minimum Gasteiger partial charge on any atom is -0.394 e. The van der Waals surface area contributed by atoms with Crippen LogP contribution in [0.5, 0.6) is 0 Å². The van der Waals surface area contributed by atoms with E-state index in [2.05, 4.69) is 28.7 Å². The first-order valence-electron chi connectivity index (χ1n) is 7.70. The normalized spacial score (nSPS) is 17.4. The highest BCUT2D eigenvalue weighted by Crippen LogP contribution is 2.31. The molecule has 2 N–H and O–H groups in total. The molecule has 0 bridgehead atoms. The number of aromatic nitrogens is 2. The van der Waals surface area contributed by atoms with E-state index in [1.807, 2.05) is 6.92 Å². The second kappa shape index (κ2) is 6.31. The summed E-state index contributed by atoms with van der Waals surface area (Å²) in [5.41, 5.74) is 8.08. The predicted octanol–water partition coefficient (Wildman–Crippen LogP) is 3.34. The van der Waals surface area contributed by atoms with Gasteiger partial charge in [-0.05, 0) is 26.2 Å². The zero-order chi connectivity index (χ0) is 13.8. The largest absolute Gasteiger partial charge is 0.394 e. The summed E-state index contributed by atoms with van der Waals surface area (Å²) in [4.78, 5) is 2.39. The molecule has 108 valence electrons. The molecule has 2 rings (SSSR count). The summed E-state index contributed by atoms with van der Waals surface area (Å²) in [6, 6.07) is 0.622. The van der Waals surface area contributed by atoms with Gasteiger partial charge in [-0.3, -0.25) is 0 Å². The second-order valence-corrected chi connectivity index (χ2v) is 5.80. The summed E-state index contributed by atoms with van der Waals surface area (Å²) < 4.78 is 2.09. The van der Waals surface area contributed by atoms with Gasteiger partial charge in [-0.1, -0.05) is 32.6 Å². The smallest absolute Gasteiger partial charge is 0.150 e. The third-order valence-electron chi connectivity index (χ3n) is 4.29. The zero-order valence-electron chi connectivity index (χ0n) is 12.7. The minimum absolute atomic E-state index is 0.622. The van der Waals surface area contributed by atoms with E-state index in [1.54, 1.807) is 0 Å². The lowest BCUT2D eigenvalue weighted by atomic mass is 10.1. The lowest BCUT2D eigenvalue weighted by Gasteiger charge is -2.30. The molecule has 1 aromatic heterocycles. The van der Waals surface area contributed by atoms with Crippen molar-refractivity contribution < 1.29 is 0 Å². The Morgan fingerprint density at radius 3 is 2.47 bits per heavy atom. The quantitative estimate of drug-likeness (QED) is 0.848. The van der Waals surface area contributed by atoms with Gasteiger partial charge in [0.25, 0.3) is 0 Å². The first kappa shape index (κ1) is 14.2. The molecule has 1 aliphatic rings. The van der Waals surface area contributed by atoms with Gasteiger partial charge in [-0.15, -0.1) is 0 Å². The molecule has 0 aliphatic heterocycles. The van der Waals surface area contributed by atoms with Crippen LogP contribution in [0.1, 0.15) is 57.6 Å². The lowest BCUT2D eigenvalue weighted by Crippen LogP contribution is -2.33. The fourth-order valence-corrected chi connectivity index (χ4v) is 3.14. The van der Waals surface area contributed by atoms with Crippen LogP contribution >= 0.6 is 0 Å². The average Bonchev–Trinajstić information content (AvgIpc) is 2.62. The fourth-order valence-electron chi connectivity index (χ4n) is 3.14. The minimum atomic E-state index is 0.622. The van der Waals surface area contributed by atoms with Crippen LogP contribution in [0.3, 0.4) is 0 Å². The number of nitrogens with zero attached hydrogens (tertiary/aromatic N) is 3. The average molecular weight is 264 g/mol. The molecule has 0 aromatic carbocycles. The molecule has 1 aliphatic carbocycles. The Balaban J connectivity index is 2.23. The van der Waals surface area contributed by atoms with Crippen LogP contribution in [0.25, 0.3) is 0 Å². The number of hydrogen-bond donors (Lipinski definition) is 1.